The van der Waals surface area contributed by atoms with Crippen molar-refractivity contribution in [3.8, 4) is 11.5 Å². The lowest BCUT2D eigenvalue weighted by molar-refractivity contribution is 0.236. The summed E-state index contributed by atoms with van der Waals surface area (Å²) in [6.07, 6.45) is 3.49. The first-order chi connectivity index (χ1) is 14.3. The maximum Gasteiger partial charge on any atom is 0.131 e. The number of ether oxygens (including phenoxy) is 2. The lowest BCUT2D eigenvalue weighted by Crippen LogP contribution is -2.25. The van der Waals surface area contributed by atoms with Gasteiger partial charge in [0.15, 0.2) is 0 Å². The predicted molar refractivity (Wildman–Crippen MR) is 118 cm³/mol. The smallest absolute Gasteiger partial charge is 0.131 e. The van der Waals surface area contributed by atoms with Crippen LogP contribution in [0.5, 0.6) is 11.5 Å². The number of rotatable bonds is 9. The lowest BCUT2D eigenvalue weighted by Gasteiger charge is -2.16. The minimum atomic E-state index is 0.511. The van der Waals surface area contributed by atoms with Gasteiger partial charge in [-0.3, -0.25) is 4.90 Å². The van der Waals surface area contributed by atoms with Crippen molar-refractivity contribution >= 4 is 11.3 Å². The molecule has 1 aliphatic rings. The second-order valence-corrected chi connectivity index (χ2v) is 8.53. The fourth-order valence-corrected chi connectivity index (χ4v) is 4.23. The quantitative estimate of drug-likeness (QED) is 0.494. The van der Waals surface area contributed by atoms with Crippen molar-refractivity contribution in [1.29, 1.82) is 0 Å². The number of para-hydroxylation sites is 1. The van der Waals surface area contributed by atoms with E-state index in [0.29, 0.717) is 6.61 Å². The summed E-state index contributed by atoms with van der Waals surface area (Å²) in [5.41, 5.74) is 3.45. The summed E-state index contributed by atoms with van der Waals surface area (Å²) in [4.78, 5) is 6.92. The summed E-state index contributed by atoms with van der Waals surface area (Å²) in [6.45, 7) is 6.70. The molecule has 29 heavy (non-hydrogen) atoms. The molecule has 152 valence electrons. The van der Waals surface area contributed by atoms with Crippen LogP contribution in [-0.4, -0.2) is 36.1 Å². The molecule has 0 atom stereocenters. The van der Waals surface area contributed by atoms with E-state index in [1.807, 2.05) is 30.5 Å². The second kappa shape index (κ2) is 9.90. The average Bonchev–Trinajstić information content (AvgIpc) is 3.40. The van der Waals surface area contributed by atoms with Gasteiger partial charge in [-0.05, 0) is 62.2 Å². The fraction of sp³-hybridized carbons (Fsp3) is 0.375. The van der Waals surface area contributed by atoms with Crippen molar-refractivity contribution in [3.05, 3.63) is 75.7 Å². The Morgan fingerprint density at radius 1 is 1.00 bits per heavy atom. The second-order valence-electron chi connectivity index (χ2n) is 7.47. The molecule has 0 saturated carbocycles. The first-order valence-corrected chi connectivity index (χ1v) is 11.2. The molecule has 0 aliphatic carbocycles. The third-order valence-electron chi connectivity index (χ3n) is 5.21. The zero-order chi connectivity index (χ0) is 19.9. The molecule has 3 aromatic rings. The Labute approximate surface area is 177 Å². The highest BCUT2D eigenvalue weighted by Gasteiger charge is 2.11. The molecule has 5 heteroatoms. The van der Waals surface area contributed by atoms with E-state index in [1.54, 1.807) is 11.3 Å². The zero-order valence-electron chi connectivity index (χ0n) is 17.0. The summed E-state index contributed by atoms with van der Waals surface area (Å²) in [7, 11) is 0. The van der Waals surface area contributed by atoms with E-state index < -0.39 is 0 Å². The van der Waals surface area contributed by atoms with Gasteiger partial charge in [-0.1, -0.05) is 30.3 Å². The van der Waals surface area contributed by atoms with Gasteiger partial charge >= 0.3 is 0 Å². The molecular formula is C24H28N2O2S. The van der Waals surface area contributed by atoms with Gasteiger partial charge in [0.25, 0.3) is 0 Å². The molecule has 4 nitrogen and oxygen atoms in total. The highest BCUT2D eigenvalue weighted by atomic mass is 32.1. The van der Waals surface area contributed by atoms with Crippen LogP contribution in [0.25, 0.3) is 0 Å². The largest absolute Gasteiger partial charge is 0.492 e. The van der Waals surface area contributed by atoms with E-state index in [-0.39, 0.29) is 0 Å². The van der Waals surface area contributed by atoms with Crippen LogP contribution < -0.4 is 9.47 Å². The number of hydrogen-bond donors (Lipinski definition) is 0. The van der Waals surface area contributed by atoms with Gasteiger partial charge in [0, 0.05) is 18.3 Å². The molecule has 0 amide bonds. The van der Waals surface area contributed by atoms with Crippen molar-refractivity contribution in [2.45, 2.75) is 32.8 Å². The van der Waals surface area contributed by atoms with Crippen LogP contribution in [0.4, 0.5) is 0 Å². The van der Waals surface area contributed by atoms with Crippen molar-refractivity contribution in [2.24, 2.45) is 0 Å². The highest BCUT2D eigenvalue weighted by Crippen LogP contribution is 2.23. The van der Waals surface area contributed by atoms with Crippen LogP contribution >= 0.6 is 11.3 Å². The van der Waals surface area contributed by atoms with Crippen LogP contribution in [0.3, 0.4) is 0 Å². The normalized spacial score (nSPS) is 14.2. The number of nitrogens with zero attached hydrogens (tertiary/aromatic N) is 2. The Hall–Kier alpha value is -2.37. The summed E-state index contributed by atoms with van der Waals surface area (Å²) in [5, 5.41) is 3.12. The topological polar surface area (TPSA) is 34.6 Å². The average molecular weight is 409 g/mol. The van der Waals surface area contributed by atoms with E-state index in [0.717, 1.165) is 41.8 Å². The summed E-state index contributed by atoms with van der Waals surface area (Å²) < 4.78 is 12.0. The van der Waals surface area contributed by atoms with Gasteiger partial charge in [-0.2, -0.15) is 0 Å². The SMILES string of the molecule is Cc1nc(COc2ccc(Cc3ccccc3OCCN3CCCC3)cc2)cs1. The molecule has 0 unspecified atom stereocenters. The Morgan fingerprint density at radius 2 is 1.79 bits per heavy atom. The van der Waals surface area contributed by atoms with E-state index in [9.17, 15) is 0 Å². The molecule has 1 fully saturated rings. The maximum absolute atomic E-state index is 6.11. The number of benzene rings is 2. The molecule has 2 aromatic carbocycles. The number of thiazole rings is 1. The van der Waals surface area contributed by atoms with Gasteiger partial charge in [-0.15, -0.1) is 11.3 Å². The van der Waals surface area contributed by atoms with Crippen molar-refractivity contribution in [1.82, 2.24) is 9.88 Å². The van der Waals surface area contributed by atoms with E-state index in [4.69, 9.17) is 9.47 Å². The number of hydrogen-bond acceptors (Lipinski definition) is 5. The molecule has 1 saturated heterocycles. The van der Waals surface area contributed by atoms with Gasteiger partial charge in [-0.25, -0.2) is 4.98 Å². The third kappa shape index (κ3) is 5.81. The monoisotopic (exact) mass is 408 g/mol. The van der Waals surface area contributed by atoms with E-state index >= 15 is 0 Å². The molecule has 1 aromatic heterocycles. The highest BCUT2D eigenvalue weighted by molar-refractivity contribution is 7.09. The van der Waals surface area contributed by atoms with Gasteiger partial charge in [0.05, 0.1) is 10.7 Å². The molecule has 4 rings (SSSR count). The van der Waals surface area contributed by atoms with E-state index in [1.165, 1.54) is 37.1 Å². The minimum absolute atomic E-state index is 0.511. The predicted octanol–water partition coefficient (Wildman–Crippen LogP) is 5.10. The minimum Gasteiger partial charge on any atom is -0.492 e. The summed E-state index contributed by atoms with van der Waals surface area (Å²) >= 11 is 1.65. The summed E-state index contributed by atoms with van der Waals surface area (Å²) in [6, 6.07) is 16.7. The van der Waals surface area contributed by atoms with Crippen LogP contribution in [0.1, 0.15) is 34.7 Å². The first-order valence-electron chi connectivity index (χ1n) is 10.3. The number of likely N-dealkylation sites (tertiary alicyclic amines) is 1. The molecule has 1 aliphatic heterocycles. The molecule has 0 N–H and O–H groups in total. The molecular weight excluding hydrogens is 380 g/mol. The van der Waals surface area contributed by atoms with Crippen molar-refractivity contribution in [2.75, 3.05) is 26.2 Å². The fourth-order valence-electron chi connectivity index (χ4n) is 3.64. The lowest BCUT2D eigenvalue weighted by atomic mass is 10.0. The summed E-state index contributed by atoms with van der Waals surface area (Å²) in [5.74, 6) is 1.86. The third-order valence-corrected chi connectivity index (χ3v) is 6.03. The zero-order valence-corrected chi connectivity index (χ0v) is 17.8. The number of aryl methyl sites for hydroxylation is 1. The number of aromatic nitrogens is 1. The standard InChI is InChI=1S/C24H28N2O2S/c1-19-25-22(18-29-19)17-28-23-10-8-20(9-11-23)16-21-6-2-3-7-24(21)27-15-14-26-12-4-5-13-26/h2-3,6-11,18H,4-5,12-17H2,1H3. The Bertz CT molecular complexity index is 901. The molecule has 0 spiro atoms. The Balaban J connectivity index is 1.31. The first kappa shape index (κ1) is 19.9. The van der Waals surface area contributed by atoms with Crippen LogP contribution in [0.2, 0.25) is 0 Å². The van der Waals surface area contributed by atoms with Gasteiger partial charge in [0.2, 0.25) is 0 Å². The molecule has 0 bridgehead atoms. The van der Waals surface area contributed by atoms with Crippen LogP contribution in [0, 0.1) is 6.92 Å². The van der Waals surface area contributed by atoms with Crippen molar-refractivity contribution < 1.29 is 9.47 Å². The molecule has 2 heterocycles. The van der Waals surface area contributed by atoms with Crippen LogP contribution in [0.15, 0.2) is 53.9 Å². The molecule has 0 radical (unpaired) electrons. The van der Waals surface area contributed by atoms with Crippen LogP contribution in [-0.2, 0) is 13.0 Å². The van der Waals surface area contributed by atoms with E-state index in [2.05, 4.69) is 40.2 Å². The maximum atomic E-state index is 6.11. The van der Waals surface area contributed by atoms with Gasteiger partial charge in [0.1, 0.15) is 24.7 Å². The Kier molecular flexibility index (Phi) is 6.80. The Morgan fingerprint density at radius 3 is 2.55 bits per heavy atom. The van der Waals surface area contributed by atoms with Gasteiger partial charge < -0.3 is 9.47 Å². The van der Waals surface area contributed by atoms with Crippen molar-refractivity contribution in [3.63, 3.8) is 0 Å².